The highest BCUT2D eigenvalue weighted by Crippen LogP contribution is 2.28. The number of aliphatic hydroxyl groups is 1. The number of thiocarbonyl (C=S) groups is 1. The molecular formula is C13H17ClN2O2S. The normalized spacial score (nSPS) is 23.4. The number of benzene rings is 1. The summed E-state index contributed by atoms with van der Waals surface area (Å²) in [5.41, 5.74) is 7.46. The highest BCUT2D eigenvalue weighted by Gasteiger charge is 2.27. The van der Waals surface area contributed by atoms with Gasteiger partial charge in [0, 0.05) is 28.9 Å². The third kappa shape index (κ3) is 3.17. The van der Waals surface area contributed by atoms with E-state index >= 15 is 0 Å². The van der Waals surface area contributed by atoms with Crippen molar-refractivity contribution in [2.24, 2.45) is 5.73 Å². The number of ether oxygens (including phenoxy) is 1. The molecule has 1 fully saturated rings. The molecule has 104 valence electrons. The molecule has 0 bridgehead atoms. The van der Waals surface area contributed by atoms with Crippen molar-refractivity contribution in [3.63, 3.8) is 0 Å². The monoisotopic (exact) mass is 300 g/mol. The van der Waals surface area contributed by atoms with Gasteiger partial charge in [0.1, 0.15) is 4.99 Å². The van der Waals surface area contributed by atoms with Crippen molar-refractivity contribution in [2.45, 2.75) is 19.1 Å². The van der Waals surface area contributed by atoms with Gasteiger partial charge < -0.3 is 20.5 Å². The highest BCUT2D eigenvalue weighted by atomic mass is 35.5. The molecule has 0 aliphatic carbocycles. The Bertz CT molecular complexity index is 484. The molecular weight excluding hydrogens is 284 g/mol. The molecule has 0 aromatic heterocycles. The lowest BCUT2D eigenvalue weighted by molar-refractivity contribution is -0.0103. The van der Waals surface area contributed by atoms with E-state index in [0.717, 1.165) is 11.3 Å². The Kier molecular flexibility index (Phi) is 4.62. The fourth-order valence-electron chi connectivity index (χ4n) is 2.21. The van der Waals surface area contributed by atoms with Gasteiger partial charge in [0.25, 0.3) is 0 Å². The van der Waals surface area contributed by atoms with Crippen LogP contribution in [0.5, 0.6) is 0 Å². The van der Waals surface area contributed by atoms with Crippen LogP contribution in [0.1, 0.15) is 12.5 Å². The molecule has 1 aliphatic rings. The summed E-state index contributed by atoms with van der Waals surface area (Å²) in [4.78, 5) is 2.47. The predicted octanol–water partition coefficient (Wildman–Crippen LogP) is 1.56. The zero-order valence-electron chi connectivity index (χ0n) is 10.7. The molecule has 0 radical (unpaired) electrons. The number of hydrogen-bond acceptors (Lipinski definition) is 4. The van der Waals surface area contributed by atoms with Crippen LogP contribution in [-0.2, 0) is 4.74 Å². The topological polar surface area (TPSA) is 58.7 Å². The van der Waals surface area contributed by atoms with E-state index in [0.29, 0.717) is 23.2 Å². The number of morpholine rings is 1. The van der Waals surface area contributed by atoms with Crippen LogP contribution in [0.2, 0.25) is 5.02 Å². The smallest absolute Gasteiger partial charge is 0.106 e. The Balaban J connectivity index is 2.38. The predicted molar refractivity (Wildman–Crippen MR) is 81.0 cm³/mol. The summed E-state index contributed by atoms with van der Waals surface area (Å²) in [6.45, 7) is 3.19. The summed E-state index contributed by atoms with van der Waals surface area (Å²) in [6.07, 6.45) is -0.200. The first kappa shape index (κ1) is 14.5. The van der Waals surface area contributed by atoms with Gasteiger partial charge in [-0.25, -0.2) is 0 Å². The molecule has 1 heterocycles. The van der Waals surface area contributed by atoms with Crippen LogP contribution >= 0.6 is 23.8 Å². The van der Waals surface area contributed by atoms with Gasteiger partial charge in [-0.05, 0) is 25.1 Å². The lowest BCUT2D eigenvalue weighted by Gasteiger charge is -2.40. The molecule has 1 saturated heterocycles. The van der Waals surface area contributed by atoms with Gasteiger partial charge in [-0.3, -0.25) is 0 Å². The Hall–Kier alpha value is -0.880. The molecule has 2 unspecified atom stereocenters. The first-order valence-corrected chi connectivity index (χ1v) is 6.90. The Labute approximate surface area is 123 Å². The quantitative estimate of drug-likeness (QED) is 0.830. The van der Waals surface area contributed by atoms with Crippen LogP contribution in [0.25, 0.3) is 0 Å². The summed E-state index contributed by atoms with van der Waals surface area (Å²) in [7, 11) is 0. The fourth-order valence-corrected chi connectivity index (χ4v) is 2.55. The Morgan fingerprint density at radius 3 is 3.00 bits per heavy atom. The number of nitrogens with two attached hydrogens (primary N) is 1. The summed E-state index contributed by atoms with van der Waals surface area (Å²) in [5, 5.41) is 9.88. The van der Waals surface area contributed by atoms with Crippen LogP contribution in [-0.4, -0.2) is 42.0 Å². The molecule has 1 aliphatic heterocycles. The maximum atomic E-state index is 9.25. The average Bonchev–Trinajstić information content (AvgIpc) is 2.38. The number of anilines is 1. The molecule has 19 heavy (non-hydrogen) atoms. The minimum Gasteiger partial charge on any atom is -0.394 e. The van der Waals surface area contributed by atoms with Crippen molar-refractivity contribution in [3.8, 4) is 0 Å². The summed E-state index contributed by atoms with van der Waals surface area (Å²) < 4.78 is 5.53. The van der Waals surface area contributed by atoms with Crippen molar-refractivity contribution >= 4 is 34.5 Å². The van der Waals surface area contributed by atoms with Crippen LogP contribution in [0.15, 0.2) is 18.2 Å². The van der Waals surface area contributed by atoms with Crippen LogP contribution in [0.4, 0.5) is 5.69 Å². The maximum absolute atomic E-state index is 9.25. The second-order valence-corrected chi connectivity index (χ2v) is 5.54. The van der Waals surface area contributed by atoms with E-state index in [4.69, 9.17) is 34.3 Å². The van der Waals surface area contributed by atoms with Crippen LogP contribution in [0, 0.1) is 0 Å². The largest absolute Gasteiger partial charge is 0.394 e. The second kappa shape index (κ2) is 6.05. The minimum absolute atomic E-state index is 0.00775. The third-order valence-electron chi connectivity index (χ3n) is 3.24. The van der Waals surface area contributed by atoms with Gasteiger partial charge in [0.15, 0.2) is 0 Å². The van der Waals surface area contributed by atoms with Gasteiger partial charge in [-0.15, -0.1) is 0 Å². The summed E-state index contributed by atoms with van der Waals surface area (Å²) in [5.74, 6) is 0. The standard InChI is InChI=1S/C13H17ClN2O2S/c1-8-7-18-10(6-17)5-16(8)12-4-9(14)2-3-11(12)13(15)19/h2-4,8,10,17H,5-7H2,1H3,(H2,15,19). The van der Waals surface area contributed by atoms with E-state index in [2.05, 4.69) is 11.8 Å². The van der Waals surface area contributed by atoms with Gasteiger partial charge in [-0.2, -0.15) is 0 Å². The van der Waals surface area contributed by atoms with Crippen molar-refractivity contribution < 1.29 is 9.84 Å². The molecule has 2 rings (SSSR count). The number of aliphatic hydroxyl groups excluding tert-OH is 1. The molecule has 6 heteroatoms. The highest BCUT2D eigenvalue weighted by molar-refractivity contribution is 7.80. The number of nitrogens with zero attached hydrogens (tertiary/aromatic N) is 1. The zero-order chi connectivity index (χ0) is 14.0. The average molecular weight is 301 g/mol. The molecule has 0 amide bonds. The van der Waals surface area contributed by atoms with E-state index < -0.39 is 0 Å². The molecule has 3 N–H and O–H groups in total. The third-order valence-corrected chi connectivity index (χ3v) is 3.70. The van der Waals surface area contributed by atoms with Crippen molar-refractivity contribution in [2.75, 3.05) is 24.7 Å². The molecule has 4 nitrogen and oxygen atoms in total. The fraction of sp³-hybridized carbons (Fsp3) is 0.462. The van der Waals surface area contributed by atoms with E-state index in [9.17, 15) is 5.11 Å². The number of hydrogen-bond donors (Lipinski definition) is 2. The Morgan fingerprint density at radius 1 is 1.63 bits per heavy atom. The zero-order valence-corrected chi connectivity index (χ0v) is 12.2. The lowest BCUT2D eigenvalue weighted by Crippen LogP contribution is -2.50. The molecule has 0 spiro atoms. The number of halogens is 1. The maximum Gasteiger partial charge on any atom is 0.106 e. The summed E-state index contributed by atoms with van der Waals surface area (Å²) in [6, 6.07) is 5.63. The van der Waals surface area contributed by atoms with E-state index in [1.54, 1.807) is 6.07 Å². The molecule has 2 atom stereocenters. The van der Waals surface area contributed by atoms with Gasteiger partial charge in [0.2, 0.25) is 0 Å². The van der Waals surface area contributed by atoms with Crippen molar-refractivity contribution in [1.29, 1.82) is 0 Å². The minimum atomic E-state index is -0.200. The molecule has 0 saturated carbocycles. The van der Waals surface area contributed by atoms with Gasteiger partial charge in [0.05, 0.1) is 19.3 Å². The van der Waals surface area contributed by atoms with Crippen LogP contribution in [0.3, 0.4) is 0 Å². The SMILES string of the molecule is CC1COC(CO)CN1c1cc(Cl)ccc1C(N)=S. The summed E-state index contributed by atoms with van der Waals surface area (Å²) >= 11 is 11.2. The van der Waals surface area contributed by atoms with Crippen LogP contribution < -0.4 is 10.6 Å². The Morgan fingerprint density at radius 2 is 2.37 bits per heavy atom. The van der Waals surface area contributed by atoms with Crippen molar-refractivity contribution in [3.05, 3.63) is 28.8 Å². The van der Waals surface area contributed by atoms with Gasteiger partial charge >= 0.3 is 0 Å². The molecule has 1 aromatic rings. The lowest BCUT2D eigenvalue weighted by atomic mass is 10.1. The second-order valence-electron chi connectivity index (χ2n) is 4.67. The first-order valence-electron chi connectivity index (χ1n) is 6.11. The first-order chi connectivity index (χ1) is 9.02. The van der Waals surface area contributed by atoms with E-state index in [1.807, 2.05) is 12.1 Å². The van der Waals surface area contributed by atoms with Crippen molar-refractivity contribution in [1.82, 2.24) is 0 Å². The van der Waals surface area contributed by atoms with Gasteiger partial charge in [-0.1, -0.05) is 23.8 Å². The van der Waals surface area contributed by atoms with E-state index in [1.165, 1.54) is 0 Å². The number of rotatable bonds is 3. The molecule has 1 aromatic carbocycles. The van der Waals surface area contributed by atoms with E-state index in [-0.39, 0.29) is 18.8 Å².